The molecule has 0 saturated heterocycles. The monoisotopic (exact) mass is 358 g/mol. The van der Waals surface area contributed by atoms with Crippen LogP contribution >= 0.6 is 0 Å². The number of nitro groups is 1. The quantitative estimate of drug-likeness (QED) is 0.532. The predicted molar refractivity (Wildman–Crippen MR) is 93.5 cm³/mol. The second-order valence-electron chi connectivity index (χ2n) is 5.33. The van der Waals surface area contributed by atoms with Crippen molar-refractivity contribution in [1.29, 1.82) is 0 Å². The number of rotatable bonds is 5. The van der Waals surface area contributed by atoms with Crippen LogP contribution in [-0.4, -0.2) is 18.3 Å². The molecule has 0 radical (unpaired) electrons. The van der Waals surface area contributed by atoms with Crippen LogP contribution in [0.15, 0.2) is 59.6 Å². The molecule has 9 heteroatoms. The summed E-state index contributed by atoms with van der Waals surface area (Å²) in [6, 6.07) is 12.9. The van der Waals surface area contributed by atoms with Gasteiger partial charge in [0.2, 0.25) is 10.0 Å². The number of fused-ring (bicyclic) bond motifs is 1. The highest BCUT2D eigenvalue weighted by molar-refractivity contribution is 7.89. The standard InChI is InChI=1S/C16H14N4O4S/c17-25(23,24)15-9-13(20(21)22)6-7-14(15)19-10-12-4-1-3-11-5-2-8-18-16(11)12/h1-9,19H,10H2,(H2,17,23,24). The zero-order valence-corrected chi connectivity index (χ0v) is 13.7. The van der Waals surface area contributed by atoms with Gasteiger partial charge in [-0.2, -0.15) is 0 Å². The zero-order chi connectivity index (χ0) is 18.0. The maximum absolute atomic E-state index is 11.8. The first-order chi connectivity index (χ1) is 11.9. The molecule has 0 unspecified atom stereocenters. The summed E-state index contributed by atoms with van der Waals surface area (Å²) in [5, 5.41) is 20.0. The molecule has 3 aromatic rings. The van der Waals surface area contributed by atoms with Crippen LogP contribution in [0.4, 0.5) is 11.4 Å². The first kappa shape index (κ1) is 16.8. The van der Waals surface area contributed by atoms with Crippen LogP contribution in [0.1, 0.15) is 5.56 Å². The normalized spacial score (nSPS) is 11.4. The molecular formula is C16H14N4O4S. The molecule has 0 aliphatic heterocycles. The van der Waals surface area contributed by atoms with Gasteiger partial charge in [-0.25, -0.2) is 13.6 Å². The number of primary sulfonamides is 1. The lowest BCUT2D eigenvalue weighted by atomic mass is 10.1. The number of para-hydroxylation sites is 1. The minimum absolute atomic E-state index is 0.195. The van der Waals surface area contributed by atoms with E-state index in [1.807, 2.05) is 30.3 Å². The van der Waals surface area contributed by atoms with Gasteiger partial charge in [0.15, 0.2) is 0 Å². The molecule has 128 valence electrons. The van der Waals surface area contributed by atoms with E-state index in [4.69, 9.17) is 5.14 Å². The van der Waals surface area contributed by atoms with Crippen LogP contribution in [0.5, 0.6) is 0 Å². The summed E-state index contributed by atoms with van der Waals surface area (Å²) in [6.07, 6.45) is 1.67. The van der Waals surface area contributed by atoms with Gasteiger partial charge in [-0.05, 0) is 17.7 Å². The highest BCUT2D eigenvalue weighted by atomic mass is 32.2. The van der Waals surface area contributed by atoms with Crippen molar-refractivity contribution in [1.82, 2.24) is 4.98 Å². The Morgan fingerprint density at radius 2 is 1.92 bits per heavy atom. The Morgan fingerprint density at radius 1 is 1.16 bits per heavy atom. The van der Waals surface area contributed by atoms with Crippen LogP contribution < -0.4 is 10.5 Å². The molecule has 8 nitrogen and oxygen atoms in total. The number of nitrogens with two attached hydrogens (primary N) is 1. The Hall–Kier alpha value is -3.04. The van der Waals surface area contributed by atoms with Gasteiger partial charge >= 0.3 is 0 Å². The summed E-state index contributed by atoms with van der Waals surface area (Å²) in [4.78, 5) is 14.2. The smallest absolute Gasteiger partial charge is 0.270 e. The number of pyridine rings is 1. The Balaban J connectivity index is 1.96. The van der Waals surface area contributed by atoms with E-state index in [2.05, 4.69) is 10.3 Å². The molecule has 3 rings (SSSR count). The summed E-state index contributed by atoms with van der Waals surface area (Å²) < 4.78 is 23.5. The van der Waals surface area contributed by atoms with E-state index in [0.29, 0.717) is 0 Å². The number of hydrogen-bond acceptors (Lipinski definition) is 6. The number of sulfonamides is 1. The van der Waals surface area contributed by atoms with Crippen molar-refractivity contribution in [2.45, 2.75) is 11.4 Å². The number of aromatic nitrogens is 1. The Kier molecular flexibility index (Phi) is 4.34. The van der Waals surface area contributed by atoms with E-state index in [-0.39, 0.29) is 22.8 Å². The van der Waals surface area contributed by atoms with E-state index in [0.717, 1.165) is 22.5 Å². The van der Waals surface area contributed by atoms with Crippen LogP contribution in [-0.2, 0) is 16.6 Å². The van der Waals surface area contributed by atoms with Crippen LogP contribution in [0.3, 0.4) is 0 Å². The summed E-state index contributed by atoms with van der Waals surface area (Å²) >= 11 is 0. The van der Waals surface area contributed by atoms with Crippen molar-refractivity contribution in [3.8, 4) is 0 Å². The first-order valence-electron chi connectivity index (χ1n) is 7.24. The van der Waals surface area contributed by atoms with Gasteiger partial charge in [-0.3, -0.25) is 15.1 Å². The third kappa shape index (κ3) is 3.57. The highest BCUT2D eigenvalue weighted by Crippen LogP contribution is 2.26. The number of nitro benzene ring substituents is 1. The lowest BCUT2D eigenvalue weighted by Crippen LogP contribution is -2.15. The van der Waals surface area contributed by atoms with Crippen LogP contribution in [0, 0.1) is 10.1 Å². The molecule has 1 aromatic heterocycles. The molecular weight excluding hydrogens is 344 g/mol. The maximum Gasteiger partial charge on any atom is 0.270 e. The largest absolute Gasteiger partial charge is 0.380 e. The minimum Gasteiger partial charge on any atom is -0.380 e. The number of hydrogen-bond donors (Lipinski definition) is 2. The topological polar surface area (TPSA) is 128 Å². The molecule has 0 bridgehead atoms. The van der Waals surface area contributed by atoms with Crippen LogP contribution in [0.25, 0.3) is 10.9 Å². The van der Waals surface area contributed by atoms with E-state index in [9.17, 15) is 18.5 Å². The van der Waals surface area contributed by atoms with Gasteiger partial charge in [-0.15, -0.1) is 0 Å². The molecule has 1 heterocycles. The number of non-ortho nitro benzene ring substituents is 1. The fourth-order valence-electron chi connectivity index (χ4n) is 2.51. The van der Waals surface area contributed by atoms with Gasteiger partial charge < -0.3 is 5.32 Å². The molecule has 0 saturated carbocycles. The fraction of sp³-hybridized carbons (Fsp3) is 0.0625. The number of anilines is 1. The summed E-state index contributed by atoms with van der Waals surface area (Å²) in [5.41, 5.74) is 1.50. The van der Waals surface area contributed by atoms with Crippen molar-refractivity contribution < 1.29 is 13.3 Å². The van der Waals surface area contributed by atoms with Crippen LogP contribution in [0.2, 0.25) is 0 Å². The summed E-state index contributed by atoms with van der Waals surface area (Å²) in [5.74, 6) is 0. The lowest BCUT2D eigenvalue weighted by Gasteiger charge is -2.12. The number of nitrogens with zero attached hydrogens (tertiary/aromatic N) is 2. The van der Waals surface area contributed by atoms with Gasteiger partial charge in [-0.1, -0.05) is 24.3 Å². The molecule has 2 aromatic carbocycles. The third-order valence-electron chi connectivity index (χ3n) is 3.67. The Labute approximate surface area is 143 Å². The van der Waals surface area contributed by atoms with Gasteiger partial charge in [0.25, 0.3) is 5.69 Å². The minimum atomic E-state index is -4.12. The molecule has 3 N–H and O–H groups in total. The number of nitrogens with one attached hydrogen (secondary N) is 1. The molecule has 0 aliphatic rings. The molecule has 25 heavy (non-hydrogen) atoms. The average molecular weight is 358 g/mol. The Morgan fingerprint density at radius 3 is 2.64 bits per heavy atom. The third-order valence-corrected chi connectivity index (χ3v) is 4.62. The summed E-state index contributed by atoms with van der Waals surface area (Å²) in [7, 11) is -4.12. The van der Waals surface area contributed by atoms with Gasteiger partial charge in [0.05, 0.1) is 16.1 Å². The second kappa shape index (κ2) is 6.46. The van der Waals surface area contributed by atoms with Crippen molar-refractivity contribution in [2.24, 2.45) is 5.14 Å². The Bertz CT molecular complexity index is 1060. The lowest BCUT2D eigenvalue weighted by molar-refractivity contribution is -0.385. The SMILES string of the molecule is NS(=O)(=O)c1cc([N+](=O)[O-])ccc1NCc1cccc2cccnc12. The van der Waals surface area contributed by atoms with E-state index >= 15 is 0 Å². The van der Waals surface area contributed by atoms with E-state index in [1.165, 1.54) is 12.1 Å². The van der Waals surface area contributed by atoms with Crippen molar-refractivity contribution in [3.05, 3.63) is 70.4 Å². The van der Waals surface area contributed by atoms with Crippen molar-refractivity contribution in [3.63, 3.8) is 0 Å². The fourth-order valence-corrected chi connectivity index (χ4v) is 3.24. The van der Waals surface area contributed by atoms with Gasteiger partial charge in [0, 0.05) is 30.3 Å². The number of benzene rings is 2. The van der Waals surface area contributed by atoms with Crippen molar-refractivity contribution in [2.75, 3.05) is 5.32 Å². The molecule has 0 amide bonds. The highest BCUT2D eigenvalue weighted by Gasteiger charge is 2.19. The molecule has 0 fully saturated rings. The molecule has 0 aliphatic carbocycles. The zero-order valence-electron chi connectivity index (χ0n) is 12.9. The van der Waals surface area contributed by atoms with E-state index in [1.54, 1.807) is 6.20 Å². The first-order valence-corrected chi connectivity index (χ1v) is 8.78. The van der Waals surface area contributed by atoms with E-state index < -0.39 is 14.9 Å². The average Bonchev–Trinajstić information content (AvgIpc) is 2.59. The second-order valence-corrected chi connectivity index (χ2v) is 6.86. The summed E-state index contributed by atoms with van der Waals surface area (Å²) in [6.45, 7) is 0.286. The molecule has 0 spiro atoms. The van der Waals surface area contributed by atoms with Crippen molar-refractivity contribution >= 4 is 32.3 Å². The predicted octanol–water partition coefficient (Wildman–Crippen LogP) is 2.40. The maximum atomic E-state index is 11.8. The molecule has 0 atom stereocenters. The van der Waals surface area contributed by atoms with Gasteiger partial charge in [0.1, 0.15) is 4.90 Å².